The summed E-state index contributed by atoms with van der Waals surface area (Å²) >= 11 is 1.32. The number of aromatic nitrogens is 3. The molecule has 0 spiro atoms. The van der Waals surface area contributed by atoms with Crippen molar-refractivity contribution in [1.29, 1.82) is 0 Å². The summed E-state index contributed by atoms with van der Waals surface area (Å²) in [7, 11) is 0. The number of aryl methyl sites for hydroxylation is 1. The van der Waals surface area contributed by atoms with Gasteiger partial charge in [0.1, 0.15) is 0 Å². The Kier molecular flexibility index (Phi) is 4.96. The average Bonchev–Trinajstić information content (AvgIpc) is 3.05. The maximum atomic E-state index is 12.2. The van der Waals surface area contributed by atoms with E-state index in [2.05, 4.69) is 20.5 Å². The third kappa shape index (κ3) is 4.02. The van der Waals surface area contributed by atoms with Crippen LogP contribution in [0.25, 0.3) is 11.4 Å². The summed E-state index contributed by atoms with van der Waals surface area (Å²) in [6.07, 6.45) is 0. The van der Waals surface area contributed by atoms with Gasteiger partial charge in [0.2, 0.25) is 11.1 Å². The van der Waals surface area contributed by atoms with Crippen LogP contribution in [0.2, 0.25) is 0 Å². The van der Waals surface area contributed by atoms with Gasteiger partial charge in [-0.1, -0.05) is 59.8 Å². The fourth-order valence-corrected chi connectivity index (χ4v) is 2.84. The van der Waals surface area contributed by atoms with Crippen molar-refractivity contribution >= 4 is 23.4 Å². The predicted molar refractivity (Wildman–Crippen MR) is 96.9 cm³/mol. The number of thioether (sulfide) groups is 1. The second kappa shape index (κ2) is 7.31. The third-order valence-electron chi connectivity index (χ3n) is 3.48. The first-order chi connectivity index (χ1) is 11.6. The number of amides is 1. The average molecular weight is 338 g/mol. The number of H-pyrrole nitrogens is 1. The van der Waals surface area contributed by atoms with Gasteiger partial charge in [-0.15, -0.1) is 5.10 Å². The highest BCUT2D eigenvalue weighted by Crippen LogP contribution is 2.23. The molecule has 1 aromatic heterocycles. The van der Waals surface area contributed by atoms with Crippen LogP contribution in [0.1, 0.15) is 12.5 Å². The van der Waals surface area contributed by atoms with Crippen LogP contribution in [0.4, 0.5) is 5.69 Å². The number of carbonyl (C=O) groups is 1. The molecule has 0 saturated heterocycles. The number of hydrogen-bond donors (Lipinski definition) is 2. The van der Waals surface area contributed by atoms with Crippen molar-refractivity contribution in [2.75, 3.05) is 5.32 Å². The van der Waals surface area contributed by atoms with Crippen molar-refractivity contribution in [3.8, 4) is 11.4 Å². The summed E-state index contributed by atoms with van der Waals surface area (Å²) < 4.78 is 0. The minimum Gasteiger partial charge on any atom is -0.325 e. The number of carbonyl (C=O) groups excluding carboxylic acids is 1. The maximum absolute atomic E-state index is 12.2. The summed E-state index contributed by atoms with van der Waals surface area (Å²) in [6, 6.07) is 17.4. The molecule has 122 valence electrons. The fourth-order valence-electron chi connectivity index (χ4n) is 2.12. The van der Waals surface area contributed by atoms with Gasteiger partial charge in [0.05, 0.1) is 5.25 Å². The first-order valence-corrected chi connectivity index (χ1v) is 8.52. The van der Waals surface area contributed by atoms with E-state index in [1.807, 2.05) is 68.4 Å². The normalized spacial score (nSPS) is 11.9. The molecule has 2 N–H and O–H groups in total. The lowest BCUT2D eigenvalue weighted by Gasteiger charge is -2.09. The van der Waals surface area contributed by atoms with Crippen LogP contribution in [0.5, 0.6) is 0 Å². The standard InChI is InChI=1S/C18H18N4OS/c1-12-8-10-14(11-9-12)16-20-18(22-21-16)24-13(2)17(23)19-15-6-4-3-5-7-15/h3-11,13H,1-2H3,(H,19,23)(H,20,21,22). The number of nitrogens with one attached hydrogen (secondary N) is 2. The molecule has 1 atom stereocenters. The molecule has 0 bridgehead atoms. The molecule has 24 heavy (non-hydrogen) atoms. The Morgan fingerprint density at radius 3 is 2.54 bits per heavy atom. The Hall–Kier alpha value is -2.60. The van der Waals surface area contributed by atoms with Gasteiger partial charge in [-0.2, -0.15) is 0 Å². The quantitative estimate of drug-likeness (QED) is 0.692. The summed E-state index contributed by atoms with van der Waals surface area (Å²) in [4.78, 5) is 16.7. The van der Waals surface area contributed by atoms with E-state index in [4.69, 9.17) is 0 Å². The van der Waals surface area contributed by atoms with Crippen LogP contribution in [0.3, 0.4) is 0 Å². The summed E-state index contributed by atoms with van der Waals surface area (Å²) in [5.41, 5.74) is 2.95. The first-order valence-electron chi connectivity index (χ1n) is 7.64. The molecule has 0 aliphatic rings. The van der Waals surface area contributed by atoms with Crippen molar-refractivity contribution in [3.05, 3.63) is 60.2 Å². The number of para-hydroxylation sites is 1. The highest BCUT2D eigenvalue weighted by atomic mass is 32.2. The van der Waals surface area contributed by atoms with E-state index in [1.54, 1.807) is 0 Å². The number of hydrogen-bond acceptors (Lipinski definition) is 4. The van der Waals surface area contributed by atoms with Crippen molar-refractivity contribution in [2.24, 2.45) is 0 Å². The van der Waals surface area contributed by atoms with E-state index in [-0.39, 0.29) is 11.2 Å². The van der Waals surface area contributed by atoms with Gasteiger partial charge >= 0.3 is 0 Å². The Morgan fingerprint density at radius 1 is 1.12 bits per heavy atom. The molecule has 1 heterocycles. The number of nitrogens with zero attached hydrogens (tertiary/aromatic N) is 2. The van der Waals surface area contributed by atoms with Crippen LogP contribution >= 0.6 is 11.8 Å². The summed E-state index contributed by atoms with van der Waals surface area (Å²) in [6.45, 7) is 3.88. The topological polar surface area (TPSA) is 70.7 Å². The number of benzene rings is 2. The van der Waals surface area contributed by atoms with Gasteiger partial charge in [-0.3, -0.25) is 9.89 Å². The molecule has 0 saturated carbocycles. The van der Waals surface area contributed by atoms with Crippen molar-refractivity contribution < 1.29 is 4.79 Å². The number of aromatic amines is 1. The molecule has 1 amide bonds. The van der Waals surface area contributed by atoms with Crippen LogP contribution < -0.4 is 5.32 Å². The Morgan fingerprint density at radius 2 is 1.83 bits per heavy atom. The van der Waals surface area contributed by atoms with Crippen molar-refractivity contribution in [2.45, 2.75) is 24.3 Å². The molecule has 0 aliphatic heterocycles. The second-order valence-electron chi connectivity index (χ2n) is 5.45. The minimum atomic E-state index is -0.299. The first kappa shape index (κ1) is 16.3. The molecule has 5 nitrogen and oxygen atoms in total. The van der Waals surface area contributed by atoms with E-state index >= 15 is 0 Å². The molecule has 0 radical (unpaired) electrons. The third-order valence-corrected chi connectivity index (χ3v) is 4.44. The van der Waals surface area contributed by atoms with E-state index in [0.717, 1.165) is 11.3 Å². The number of anilines is 1. The fraction of sp³-hybridized carbons (Fsp3) is 0.167. The van der Waals surface area contributed by atoms with Crippen molar-refractivity contribution in [3.63, 3.8) is 0 Å². The van der Waals surface area contributed by atoms with Gasteiger partial charge in [-0.25, -0.2) is 4.98 Å². The second-order valence-corrected chi connectivity index (χ2v) is 6.76. The van der Waals surface area contributed by atoms with Gasteiger partial charge in [0, 0.05) is 11.3 Å². The van der Waals surface area contributed by atoms with Crippen molar-refractivity contribution in [1.82, 2.24) is 15.2 Å². The molecule has 6 heteroatoms. The molecule has 2 aromatic carbocycles. The summed E-state index contributed by atoms with van der Waals surface area (Å²) in [5.74, 6) is 0.626. The lowest BCUT2D eigenvalue weighted by molar-refractivity contribution is -0.115. The van der Waals surface area contributed by atoms with Crippen LogP contribution in [0.15, 0.2) is 59.8 Å². The highest BCUT2D eigenvalue weighted by molar-refractivity contribution is 8.00. The monoisotopic (exact) mass is 338 g/mol. The predicted octanol–water partition coefficient (Wildman–Crippen LogP) is 3.90. The van der Waals surface area contributed by atoms with Gasteiger partial charge < -0.3 is 5.32 Å². The van der Waals surface area contributed by atoms with Crippen LogP contribution in [0, 0.1) is 6.92 Å². The van der Waals surface area contributed by atoms with Gasteiger partial charge in [-0.05, 0) is 26.0 Å². The van der Waals surface area contributed by atoms with E-state index in [0.29, 0.717) is 11.0 Å². The lowest BCUT2D eigenvalue weighted by atomic mass is 10.1. The highest BCUT2D eigenvalue weighted by Gasteiger charge is 2.17. The van der Waals surface area contributed by atoms with Gasteiger partial charge in [0.15, 0.2) is 5.82 Å². The maximum Gasteiger partial charge on any atom is 0.237 e. The molecule has 3 rings (SSSR count). The zero-order chi connectivity index (χ0) is 16.9. The Balaban J connectivity index is 1.63. The largest absolute Gasteiger partial charge is 0.325 e. The number of rotatable bonds is 5. The van der Waals surface area contributed by atoms with Crippen LogP contribution in [-0.2, 0) is 4.79 Å². The molecular formula is C18H18N4OS. The zero-order valence-electron chi connectivity index (χ0n) is 13.5. The zero-order valence-corrected chi connectivity index (χ0v) is 14.3. The SMILES string of the molecule is Cc1ccc(-c2nc(SC(C)C(=O)Nc3ccccc3)n[nH]2)cc1. The Bertz CT molecular complexity index is 815. The summed E-state index contributed by atoms with van der Waals surface area (Å²) in [5, 5.41) is 10.3. The van der Waals surface area contributed by atoms with E-state index in [1.165, 1.54) is 17.3 Å². The lowest BCUT2D eigenvalue weighted by Crippen LogP contribution is -2.22. The van der Waals surface area contributed by atoms with E-state index in [9.17, 15) is 4.79 Å². The molecule has 0 fully saturated rings. The van der Waals surface area contributed by atoms with E-state index < -0.39 is 0 Å². The van der Waals surface area contributed by atoms with Crippen LogP contribution in [-0.4, -0.2) is 26.3 Å². The minimum absolute atomic E-state index is 0.0760. The molecule has 3 aromatic rings. The smallest absolute Gasteiger partial charge is 0.237 e. The van der Waals surface area contributed by atoms with Gasteiger partial charge in [0.25, 0.3) is 0 Å². The molecule has 0 aliphatic carbocycles. The Labute approximate surface area is 144 Å². The molecule has 1 unspecified atom stereocenters. The molecular weight excluding hydrogens is 320 g/mol.